The third kappa shape index (κ3) is 2.18. The van der Waals surface area contributed by atoms with E-state index in [0.29, 0.717) is 11.5 Å². The first-order valence-corrected chi connectivity index (χ1v) is 7.66. The van der Waals surface area contributed by atoms with Gasteiger partial charge in [0.05, 0.1) is 17.5 Å². The quantitative estimate of drug-likeness (QED) is 0.464. The van der Waals surface area contributed by atoms with Gasteiger partial charge in [-0.05, 0) is 25.2 Å². The van der Waals surface area contributed by atoms with Gasteiger partial charge in [0.25, 0.3) is 0 Å². The lowest BCUT2D eigenvalue weighted by molar-refractivity contribution is -0.154. The number of hydrogen-bond acceptors (Lipinski definition) is 6. The number of aryl methyl sites for hydroxylation is 1. The molecule has 1 aromatic heterocycles. The molecule has 0 spiro atoms. The number of ether oxygens (including phenoxy) is 1. The zero-order chi connectivity index (χ0) is 16.1. The molecule has 3 aliphatic rings. The van der Waals surface area contributed by atoms with Gasteiger partial charge in [-0.3, -0.25) is 19.3 Å². The summed E-state index contributed by atoms with van der Waals surface area (Å²) in [5.41, 5.74) is 0.691. The van der Waals surface area contributed by atoms with Crippen LogP contribution in [0.3, 0.4) is 0 Å². The van der Waals surface area contributed by atoms with Crippen molar-refractivity contribution in [1.82, 2.24) is 10.1 Å². The molecule has 4 atom stereocenters. The van der Waals surface area contributed by atoms with Crippen LogP contribution in [0.25, 0.3) is 0 Å². The lowest BCUT2D eigenvalue weighted by Crippen LogP contribution is -2.37. The summed E-state index contributed by atoms with van der Waals surface area (Å²) in [7, 11) is 0. The molecule has 7 nitrogen and oxygen atoms in total. The normalized spacial score (nSPS) is 31.1. The van der Waals surface area contributed by atoms with Crippen molar-refractivity contribution in [3.8, 4) is 0 Å². The van der Waals surface area contributed by atoms with Crippen LogP contribution < -0.4 is 0 Å². The Morgan fingerprint density at radius 1 is 1.30 bits per heavy atom. The van der Waals surface area contributed by atoms with Gasteiger partial charge in [-0.15, -0.1) is 0 Å². The summed E-state index contributed by atoms with van der Waals surface area (Å²) in [5.74, 6) is -0.993. The van der Waals surface area contributed by atoms with Gasteiger partial charge in [0.2, 0.25) is 11.8 Å². The van der Waals surface area contributed by atoms with Crippen molar-refractivity contribution in [3.05, 3.63) is 29.7 Å². The topological polar surface area (TPSA) is 89.7 Å². The number of imide groups is 1. The molecule has 7 heteroatoms. The van der Waals surface area contributed by atoms with Crippen LogP contribution in [0.4, 0.5) is 0 Å². The van der Waals surface area contributed by atoms with Crippen molar-refractivity contribution < 1.29 is 23.6 Å². The number of allylic oxidation sites excluding steroid dienone is 2. The first-order valence-electron chi connectivity index (χ1n) is 7.66. The van der Waals surface area contributed by atoms with E-state index in [1.165, 1.54) is 0 Å². The lowest BCUT2D eigenvalue weighted by atomic mass is 9.85. The number of amides is 2. The Bertz CT molecular complexity index is 692. The summed E-state index contributed by atoms with van der Waals surface area (Å²) in [6.07, 6.45) is 4.91. The number of carbonyl (C=O) groups excluding carboxylic acids is 3. The van der Waals surface area contributed by atoms with Crippen molar-refractivity contribution in [2.75, 3.05) is 6.54 Å². The highest BCUT2D eigenvalue weighted by Gasteiger charge is 2.59. The Hall–Kier alpha value is -2.44. The zero-order valence-corrected chi connectivity index (χ0v) is 12.6. The highest BCUT2D eigenvalue weighted by Crippen LogP contribution is 2.52. The number of esters is 1. The number of aromatic nitrogens is 1. The number of nitrogens with zero attached hydrogens (tertiary/aromatic N) is 2. The molecule has 2 heterocycles. The van der Waals surface area contributed by atoms with E-state index in [1.807, 2.05) is 12.2 Å². The summed E-state index contributed by atoms with van der Waals surface area (Å²) in [6.45, 7) is 1.37. The molecule has 0 radical (unpaired) electrons. The molecule has 2 bridgehead atoms. The molecule has 23 heavy (non-hydrogen) atoms. The van der Waals surface area contributed by atoms with Gasteiger partial charge in [0, 0.05) is 6.07 Å². The van der Waals surface area contributed by atoms with E-state index >= 15 is 0 Å². The molecule has 0 aromatic carbocycles. The van der Waals surface area contributed by atoms with Crippen LogP contribution >= 0.6 is 0 Å². The summed E-state index contributed by atoms with van der Waals surface area (Å²) >= 11 is 0. The molecule has 2 aliphatic carbocycles. The predicted molar refractivity (Wildman–Crippen MR) is 75.5 cm³/mol. The van der Waals surface area contributed by atoms with Crippen LogP contribution in [-0.4, -0.2) is 34.4 Å². The highest BCUT2D eigenvalue weighted by atomic mass is 16.5. The Labute approximate surface area is 132 Å². The number of fused-ring (bicyclic) bond motifs is 5. The largest absolute Gasteiger partial charge is 0.456 e. The molecule has 1 aromatic rings. The first-order chi connectivity index (χ1) is 11.0. The number of carbonyl (C=O) groups is 3. The maximum atomic E-state index is 12.4. The number of hydrogen-bond donors (Lipinski definition) is 0. The van der Waals surface area contributed by atoms with Crippen LogP contribution in [0.1, 0.15) is 17.9 Å². The molecule has 1 saturated carbocycles. The predicted octanol–water partition coefficient (Wildman–Crippen LogP) is 0.833. The SMILES string of the molecule is Cc1cc(COC(=O)CN2C(=O)C3C4C=CC(C4)C3C2=O)on1. The second kappa shape index (κ2) is 5.04. The Balaban J connectivity index is 1.38. The van der Waals surface area contributed by atoms with E-state index in [-0.39, 0.29) is 48.6 Å². The summed E-state index contributed by atoms with van der Waals surface area (Å²) in [5, 5.41) is 3.69. The Morgan fingerprint density at radius 2 is 1.96 bits per heavy atom. The minimum absolute atomic E-state index is 0.0600. The van der Waals surface area contributed by atoms with E-state index in [0.717, 1.165) is 11.3 Å². The van der Waals surface area contributed by atoms with Gasteiger partial charge in [0.15, 0.2) is 12.4 Å². The molecule has 2 fully saturated rings. The van der Waals surface area contributed by atoms with Crippen molar-refractivity contribution in [1.29, 1.82) is 0 Å². The van der Waals surface area contributed by atoms with Crippen molar-refractivity contribution in [2.24, 2.45) is 23.7 Å². The molecule has 4 unspecified atom stereocenters. The fourth-order valence-corrected chi connectivity index (χ4v) is 3.93. The van der Waals surface area contributed by atoms with Crippen LogP contribution in [0, 0.1) is 30.6 Å². The van der Waals surface area contributed by atoms with Crippen LogP contribution in [0.15, 0.2) is 22.7 Å². The summed E-state index contributed by atoms with van der Waals surface area (Å²) < 4.78 is 10.00. The zero-order valence-electron chi connectivity index (χ0n) is 12.6. The van der Waals surface area contributed by atoms with Crippen molar-refractivity contribution in [2.45, 2.75) is 20.0 Å². The van der Waals surface area contributed by atoms with Crippen molar-refractivity contribution >= 4 is 17.8 Å². The maximum Gasteiger partial charge on any atom is 0.326 e. The van der Waals surface area contributed by atoms with Gasteiger partial charge in [-0.2, -0.15) is 0 Å². The van der Waals surface area contributed by atoms with Gasteiger partial charge < -0.3 is 9.26 Å². The standard InChI is InChI=1S/C16H16N2O5/c1-8-4-11(23-17-8)7-22-12(19)6-18-15(20)13-9-2-3-10(5-9)14(13)16(18)21/h2-4,9-10,13-14H,5-7H2,1H3. The van der Waals surface area contributed by atoms with E-state index in [9.17, 15) is 14.4 Å². The molecule has 2 amide bonds. The highest BCUT2D eigenvalue weighted by molar-refractivity contribution is 6.08. The summed E-state index contributed by atoms with van der Waals surface area (Å²) in [6, 6.07) is 1.66. The lowest BCUT2D eigenvalue weighted by Gasteiger charge is -2.15. The van der Waals surface area contributed by atoms with Gasteiger partial charge in [0.1, 0.15) is 6.54 Å². The minimum Gasteiger partial charge on any atom is -0.456 e. The van der Waals surface area contributed by atoms with E-state index < -0.39 is 5.97 Å². The Morgan fingerprint density at radius 3 is 2.52 bits per heavy atom. The second-order valence-corrected chi connectivity index (χ2v) is 6.36. The monoisotopic (exact) mass is 316 g/mol. The third-order valence-corrected chi connectivity index (χ3v) is 4.90. The van der Waals surface area contributed by atoms with Crippen LogP contribution in [0.5, 0.6) is 0 Å². The molecule has 0 N–H and O–H groups in total. The minimum atomic E-state index is -0.624. The van der Waals surface area contributed by atoms with E-state index in [2.05, 4.69) is 5.16 Å². The molecular formula is C16H16N2O5. The third-order valence-electron chi connectivity index (χ3n) is 4.90. The van der Waals surface area contributed by atoms with Crippen LogP contribution in [0.2, 0.25) is 0 Å². The Kier molecular flexibility index (Phi) is 3.11. The average Bonchev–Trinajstić information content (AvgIpc) is 3.27. The molecule has 1 saturated heterocycles. The van der Waals surface area contributed by atoms with Gasteiger partial charge >= 0.3 is 5.97 Å². The maximum absolute atomic E-state index is 12.4. The van der Waals surface area contributed by atoms with Gasteiger partial charge in [-0.1, -0.05) is 17.3 Å². The molecule has 120 valence electrons. The van der Waals surface area contributed by atoms with Crippen LogP contribution in [-0.2, 0) is 25.7 Å². The smallest absolute Gasteiger partial charge is 0.326 e. The fraction of sp³-hybridized carbons (Fsp3) is 0.500. The molecular weight excluding hydrogens is 300 g/mol. The van der Waals surface area contributed by atoms with Gasteiger partial charge in [-0.25, -0.2) is 0 Å². The van der Waals surface area contributed by atoms with E-state index in [4.69, 9.17) is 9.26 Å². The fourth-order valence-electron chi connectivity index (χ4n) is 3.93. The van der Waals surface area contributed by atoms with Crippen molar-refractivity contribution in [3.63, 3.8) is 0 Å². The first kappa shape index (κ1) is 14.2. The second-order valence-electron chi connectivity index (χ2n) is 6.36. The average molecular weight is 316 g/mol. The summed E-state index contributed by atoms with van der Waals surface area (Å²) in [4.78, 5) is 37.8. The number of likely N-dealkylation sites (tertiary alicyclic amines) is 1. The molecule has 4 rings (SSSR count). The number of rotatable bonds is 4. The van der Waals surface area contributed by atoms with E-state index in [1.54, 1.807) is 13.0 Å². The molecule has 1 aliphatic heterocycles.